The summed E-state index contributed by atoms with van der Waals surface area (Å²) >= 11 is 0. The third-order valence-electron chi connectivity index (χ3n) is 5.13. The number of hydrogen-bond donors (Lipinski definition) is 1. The summed E-state index contributed by atoms with van der Waals surface area (Å²) in [7, 11) is 1.92. The van der Waals surface area contributed by atoms with Gasteiger partial charge >= 0.3 is 6.09 Å². The number of anilines is 1. The number of aryl methyl sites for hydroxylation is 1. The van der Waals surface area contributed by atoms with Gasteiger partial charge in [0.05, 0.1) is 5.69 Å². The zero-order valence-corrected chi connectivity index (χ0v) is 18.2. The highest BCUT2D eigenvalue weighted by Gasteiger charge is 2.29. The Morgan fingerprint density at radius 2 is 2.03 bits per heavy atom. The molecule has 0 atom stereocenters. The number of nitrogens with one attached hydrogen (secondary N) is 1. The van der Waals surface area contributed by atoms with Crippen molar-refractivity contribution in [1.29, 1.82) is 0 Å². The lowest BCUT2D eigenvalue weighted by atomic mass is 10.1. The number of ether oxygens (including phenoxy) is 2. The standard InChI is InChI=1S/C24H28N2O4/c1-15-19(14-25-5)18-7-6-8-21(22(18)28-15)29-17-9-10-20-16(13-17)11-12-26(20)23(27)30-24(2,3)4/h6-10,13,25H,11-12,14H2,1-5H3. The van der Waals surface area contributed by atoms with Gasteiger partial charge in [-0.3, -0.25) is 4.90 Å². The molecular formula is C24H28N2O4. The van der Waals surface area contributed by atoms with E-state index >= 15 is 0 Å². The maximum Gasteiger partial charge on any atom is 0.414 e. The fourth-order valence-electron chi connectivity index (χ4n) is 3.82. The van der Waals surface area contributed by atoms with E-state index in [9.17, 15) is 4.79 Å². The van der Waals surface area contributed by atoms with E-state index in [0.29, 0.717) is 12.3 Å². The minimum absolute atomic E-state index is 0.317. The predicted octanol–water partition coefficient (Wildman–Crippen LogP) is 5.55. The lowest BCUT2D eigenvalue weighted by molar-refractivity contribution is 0.0584. The van der Waals surface area contributed by atoms with Crippen molar-refractivity contribution in [2.24, 2.45) is 0 Å². The van der Waals surface area contributed by atoms with Crippen molar-refractivity contribution in [3.8, 4) is 11.5 Å². The van der Waals surface area contributed by atoms with Gasteiger partial charge in [-0.2, -0.15) is 0 Å². The van der Waals surface area contributed by atoms with Crippen LogP contribution in [0.2, 0.25) is 0 Å². The largest absolute Gasteiger partial charge is 0.457 e. The Morgan fingerprint density at radius 1 is 1.23 bits per heavy atom. The van der Waals surface area contributed by atoms with Crippen molar-refractivity contribution in [2.45, 2.75) is 46.3 Å². The number of para-hydroxylation sites is 1. The van der Waals surface area contributed by atoms with Crippen LogP contribution in [0, 0.1) is 6.92 Å². The van der Waals surface area contributed by atoms with Crippen LogP contribution in [0.15, 0.2) is 40.8 Å². The van der Waals surface area contributed by atoms with Crippen molar-refractivity contribution >= 4 is 22.7 Å². The fraction of sp³-hybridized carbons (Fsp3) is 0.375. The highest BCUT2D eigenvalue weighted by molar-refractivity contribution is 5.91. The van der Waals surface area contributed by atoms with E-state index in [1.165, 1.54) is 0 Å². The molecule has 2 aromatic carbocycles. The molecule has 0 radical (unpaired) electrons. The molecule has 0 saturated heterocycles. The van der Waals surface area contributed by atoms with E-state index in [1.807, 2.05) is 71.1 Å². The first-order valence-corrected chi connectivity index (χ1v) is 10.2. The number of benzene rings is 2. The molecule has 1 aromatic heterocycles. The number of carbonyl (C=O) groups excluding carboxylic acids is 1. The van der Waals surface area contributed by atoms with E-state index < -0.39 is 5.60 Å². The van der Waals surface area contributed by atoms with Gasteiger partial charge in [0.2, 0.25) is 0 Å². The molecule has 6 heteroatoms. The Balaban J connectivity index is 1.59. The molecule has 1 amide bonds. The van der Waals surface area contributed by atoms with Crippen LogP contribution < -0.4 is 15.0 Å². The zero-order valence-electron chi connectivity index (χ0n) is 18.2. The Kier molecular flexibility index (Phi) is 5.20. The van der Waals surface area contributed by atoms with E-state index in [4.69, 9.17) is 13.9 Å². The Hall–Kier alpha value is -2.99. The van der Waals surface area contributed by atoms with Gasteiger partial charge in [0.15, 0.2) is 11.3 Å². The smallest absolute Gasteiger partial charge is 0.414 e. The molecule has 0 bridgehead atoms. The summed E-state index contributed by atoms with van der Waals surface area (Å²) in [6.07, 6.45) is 0.449. The van der Waals surface area contributed by atoms with Crippen LogP contribution in [0.5, 0.6) is 11.5 Å². The van der Waals surface area contributed by atoms with Crippen LogP contribution in [0.4, 0.5) is 10.5 Å². The molecule has 1 aliphatic rings. The van der Waals surface area contributed by atoms with Crippen molar-refractivity contribution in [2.75, 3.05) is 18.5 Å². The van der Waals surface area contributed by atoms with E-state index in [2.05, 4.69) is 5.32 Å². The van der Waals surface area contributed by atoms with Gasteiger partial charge in [-0.25, -0.2) is 4.79 Å². The molecule has 0 fully saturated rings. The van der Waals surface area contributed by atoms with E-state index in [0.717, 1.165) is 52.3 Å². The minimum atomic E-state index is -0.519. The normalized spacial score (nSPS) is 13.6. The zero-order chi connectivity index (χ0) is 21.5. The topological polar surface area (TPSA) is 63.9 Å². The number of hydrogen-bond acceptors (Lipinski definition) is 5. The van der Waals surface area contributed by atoms with Gasteiger partial charge in [0.1, 0.15) is 17.1 Å². The molecule has 0 saturated carbocycles. The molecule has 158 valence electrons. The van der Waals surface area contributed by atoms with Crippen LogP contribution in [0.3, 0.4) is 0 Å². The number of nitrogens with zero attached hydrogens (tertiary/aromatic N) is 1. The first-order chi connectivity index (χ1) is 14.3. The summed E-state index contributed by atoms with van der Waals surface area (Å²) in [6, 6.07) is 11.7. The molecule has 3 aromatic rings. The van der Waals surface area contributed by atoms with Crippen LogP contribution >= 0.6 is 0 Å². The van der Waals surface area contributed by atoms with Crippen LogP contribution in [-0.2, 0) is 17.7 Å². The average Bonchev–Trinajstić information content (AvgIpc) is 3.23. The second kappa shape index (κ2) is 7.69. The summed E-state index contributed by atoms with van der Waals surface area (Å²) in [5.74, 6) is 2.29. The molecule has 6 nitrogen and oxygen atoms in total. The van der Waals surface area contributed by atoms with Crippen LogP contribution in [0.1, 0.15) is 37.7 Å². The lowest BCUT2D eigenvalue weighted by Crippen LogP contribution is -2.35. The van der Waals surface area contributed by atoms with Crippen molar-refractivity contribution in [3.05, 3.63) is 53.3 Å². The number of amides is 1. The molecule has 4 rings (SSSR count). The monoisotopic (exact) mass is 408 g/mol. The van der Waals surface area contributed by atoms with Gasteiger partial charge < -0.3 is 19.2 Å². The number of rotatable bonds is 4. The number of furan rings is 1. The second-order valence-corrected chi connectivity index (χ2v) is 8.57. The Bertz CT molecular complexity index is 1090. The van der Waals surface area contributed by atoms with Crippen molar-refractivity contribution < 1.29 is 18.7 Å². The summed E-state index contributed by atoms with van der Waals surface area (Å²) < 4.78 is 17.7. The third-order valence-corrected chi connectivity index (χ3v) is 5.13. The van der Waals surface area contributed by atoms with Gasteiger partial charge in [-0.15, -0.1) is 0 Å². The van der Waals surface area contributed by atoms with Crippen LogP contribution in [-0.4, -0.2) is 25.3 Å². The van der Waals surface area contributed by atoms with Crippen molar-refractivity contribution in [1.82, 2.24) is 5.32 Å². The minimum Gasteiger partial charge on any atom is -0.457 e. The molecule has 0 unspecified atom stereocenters. The predicted molar refractivity (Wildman–Crippen MR) is 118 cm³/mol. The molecule has 0 aliphatic carbocycles. The lowest BCUT2D eigenvalue weighted by Gasteiger charge is -2.24. The molecule has 0 spiro atoms. The SMILES string of the molecule is CNCc1c(C)oc2c(Oc3ccc4c(c3)CCN4C(=O)OC(C)(C)C)cccc12. The third kappa shape index (κ3) is 3.87. The first-order valence-electron chi connectivity index (χ1n) is 10.2. The highest BCUT2D eigenvalue weighted by Crippen LogP contribution is 2.37. The second-order valence-electron chi connectivity index (χ2n) is 8.57. The molecular weight excluding hydrogens is 380 g/mol. The van der Waals surface area contributed by atoms with Gasteiger partial charge in [-0.1, -0.05) is 12.1 Å². The van der Waals surface area contributed by atoms with E-state index in [1.54, 1.807) is 4.90 Å². The Morgan fingerprint density at radius 3 is 2.77 bits per heavy atom. The summed E-state index contributed by atoms with van der Waals surface area (Å²) in [5.41, 5.74) is 3.31. The Labute approximate surface area is 176 Å². The molecule has 30 heavy (non-hydrogen) atoms. The molecule has 2 heterocycles. The summed E-state index contributed by atoms with van der Waals surface area (Å²) in [5, 5.41) is 4.24. The quantitative estimate of drug-likeness (QED) is 0.613. The van der Waals surface area contributed by atoms with Crippen molar-refractivity contribution in [3.63, 3.8) is 0 Å². The number of fused-ring (bicyclic) bond motifs is 2. The maximum absolute atomic E-state index is 12.5. The first kappa shape index (κ1) is 20.3. The summed E-state index contributed by atoms with van der Waals surface area (Å²) in [6.45, 7) is 8.93. The summed E-state index contributed by atoms with van der Waals surface area (Å²) in [4.78, 5) is 14.2. The molecule has 1 N–H and O–H groups in total. The maximum atomic E-state index is 12.5. The number of carbonyl (C=O) groups is 1. The highest BCUT2D eigenvalue weighted by atomic mass is 16.6. The van der Waals surface area contributed by atoms with Gasteiger partial charge in [-0.05, 0) is 71.0 Å². The fourth-order valence-corrected chi connectivity index (χ4v) is 3.82. The molecule has 1 aliphatic heterocycles. The van der Waals surface area contributed by atoms with Crippen LogP contribution in [0.25, 0.3) is 11.0 Å². The van der Waals surface area contributed by atoms with Gasteiger partial charge in [0, 0.05) is 24.0 Å². The van der Waals surface area contributed by atoms with Gasteiger partial charge in [0.25, 0.3) is 0 Å². The van der Waals surface area contributed by atoms with E-state index in [-0.39, 0.29) is 6.09 Å². The average molecular weight is 408 g/mol.